The zero-order chi connectivity index (χ0) is 17.4. The van der Waals surface area contributed by atoms with Crippen molar-refractivity contribution >= 4 is 17.4 Å². The smallest absolute Gasteiger partial charge is 0.261 e. The zero-order valence-corrected chi connectivity index (χ0v) is 14.2. The van der Waals surface area contributed by atoms with E-state index in [0.29, 0.717) is 5.82 Å². The Balaban J connectivity index is 1.77. The molecule has 0 aliphatic carbocycles. The number of rotatable bonds is 3. The van der Waals surface area contributed by atoms with E-state index in [1.165, 1.54) is 5.56 Å². The predicted molar refractivity (Wildman–Crippen MR) is 99.8 cm³/mol. The molecule has 0 radical (unpaired) electrons. The van der Waals surface area contributed by atoms with Crippen LogP contribution in [0.5, 0.6) is 0 Å². The first kappa shape index (κ1) is 15.4. The Hall–Kier alpha value is -3.14. The molecule has 124 valence electrons. The van der Waals surface area contributed by atoms with Gasteiger partial charge in [-0.2, -0.15) is 0 Å². The molecule has 1 aromatic heterocycles. The molecule has 25 heavy (non-hydrogen) atoms. The predicted octanol–water partition coefficient (Wildman–Crippen LogP) is 4.47. The van der Waals surface area contributed by atoms with Crippen LogP contribution in [0.15, 0.2) is 66.9 Å². The number of pyridine rings is 1. The number of hydrogen-bond acceptors (Lipinski definition) is 3. The molecule has 0 bridgehead atoms. The van der Waals surface area contributed by atoms with Crippen LogP contribution in [0, 0.1) is 13.8 Å². The first-order valence-electron chi connectivity index (χ1n) is 8.32. The molecule has 1 N–H and O–H groups in total. The number of nitrogens with one attached hydrogen (secondary N) is 1. The van der Waals surface area contributed by atoms with Crippen LogP contribution in [0.4, 0.5) is 11.5 Å². The summed E-state index contributed by atoms with van der Waals surface area (Å²) < 4.78 is 0. The molecule has 0 spiro atoms. The second-order valence-corrected chi connectivity index (χ2v) is 6.37. The van der Waals surface area contributed by atoms with Crippen LogP contribution in [-0.4, -0.2) is 10.9 Å². The molecule has 0 saturated heterocycles. The van der Waals surface area contributed by atoms with Crippen LogP contribution in [-0.2, 0) is 0 Å². The molecule has 0 unspecified atom stereocenters. The van der Waals surface area contributed by atoms with Crippen molar-refractivity contribution in [2.75, 3.05) is 10.2 Å². The minimum atomic E-state index is -0.276. The molecule has 1 aliphatic heterocycles. The van der Waals surface area contributed by atoms with Gasteiger partial charge in [-0.15, -0.1) is 0 Å². The number of aromatic nitrogens is 1. The molecule has 4 rings (SSSR count). The van der Waals surface area contributed by atoms with Crippen molar-refractivity contribution in [2.45, 2.75) is 20.0 Å². The first-order chi connectivity index (χ1) is 12.1. The minimum Gasteiger partial charge on any atom is -0.361 e. The maximum absolute atomic E-state index is 13.0. The van der Waals surface area contributed by atoms with Gasteiger partial charge in [0.1, 0.15) is 12.0 Å². The lowest BCUT2D eigenvalue weighted by molar-refractivity contribution is 0.0992. The van der Waals surface area contributed by atoms with Crippen LogP contribution in [0.1, 0.15) is 33.2 Å². The Labute approximate surface area is 147 Å². The van der Waals surface area contributed by atoms with Gasteiger partial charge >= 0.3 is 0 Å². The molecule has 1 aliphatic rings. The second kappa shape index (κ2) is 6.06. The fourth-order valence-corrected chi connectivity index (χ4v) is 3.11. The van der Waals surface area contributed by atoms with Crippen molar-refractivity contribution in [1.29, 1.82) is 0 Å². The summed E-state index contributed by atoms with van der Waals surface area (Å²) in [6, 6.07) is 19.8. The largest absolute Gasteiger partial charge is 0.361 e. The number of nitrogens with zero attached hydrogens (tertiary/aromatic N) is 2. The summed E-state index contributed by atoms with van der Waals surface area (Å²) in [5, 5.41) is 3.48. The Morgan fingerprint density at radius 3 is 2.36 bits per heavy atom. The second-order valence-electron chi connectivity index (χ2n) is 6.37. The number of carbonyl (C=O) groups is 1. The summed E-state index contributed by atoms with van der Waals surface area (Å²) in [7, 11) is 0. The number of benzene rings is 2. The fraction of sp³-hybridized carbons (Fsp3) is 0.143. The van der Waals surface area contributed by atoms with Gasteiger partial charge in [0.2, 0.25) is 0 Å². The normalized spacial score (nSPS) is 16.0. The summed E-state index contributed by atoms with van der Waals surface area (Å²) in [6.07, 6.45) is 1.51. The average molecular weight is 329 g/mol. The topological polar surface area (TPSA) is 45.2 Å². The average Bonchev–Trinajstić information content (AvgIpc) is 2.90. The van der Waals surface area contributed by atoms with Gasteiger partial charge in [0, 0.05) is 23.0 Å². The van der Waals surface area contributed by atoms with E-state index in [0.717, 1.165) is 22.4 Å². The van der Waals surface area contributed by atoms with E-state index in [1.807, 2.05) is 55.5 Å². The quantitative estimate of drug-likeness (QED) is 0.771. The fourth-order valence-electron chi connectivity index (χ4n) is 3.11. The van der Waals surface area contributed by atoms with Gasteiger partial charge in [-0.05, 0) is 43.7 Å². The van der Waals surface area contributed by atoms with Gasteiger partial charge in [-0.3, -0.25) is 9.69 Å². The van der Waals surface area contributed by atoms with E-state index in [1.54, 1.807) is 11.1 Å². The maximum atomic E-state index is 13.0. The van der Waals surface area contributed by atoms with E-state index >= 15 is 0 Å². The lowest BCUT2D eigenvalue weighted by Gasteiger charge is -2.26. The summed E-state index contributed by atoms with van der Waals surface area (Å²) in [6.45, 7) is 4.04. The maximum Gasteiger partial charge on any atom is 0.261 e. The Bertz CT molecular complexity index is 917. The number of hydrogen-bond donors (Lipinski definition) is 1. The standard InChI is InChI=1S/C21H19N3O/c1-14-7-10-16(11-8-14)23-20-17-5-3-4-6-18(17)21(25)24(20)19-12-9-15(2)13-22-19/h3-13,20,23H,1-2H3/t20-/m1/s1. The molecule has 1 amide bonds. The van der Waals surface area contributed by atoms with E-state index in [4.69, 9.17) is 0 Å². The van der Waals surface area contributed by atoms with Gasteiger partial charge in [-0.25, -0.2) is 4.98 Å². The van der Waals surface area contributed by atoms with E-state index in [2.05, 4.69) is 29.4 Å². The van der Waals surface area contributed by atoms with Gasteiger partial charge in [0.05, 0.1) is 0 Å². The van der Waals surface area contributed by atoms with Crippen LogP contribution in [0.25, 0.3) is 0 Å². The molecule has 4 heteroatoms. The summed E-state index contributed by atoms with van der Waals surface area (Å²) in [4.78, 5) is 19.2. The molecule has 2 heterocycles. The van der Waals surface area contributed by atoms with E-state index < -0.39 is 0 Å². The Morgan fingerprint density at radius 1 is 0.920 bits per heavy atom. The molecule has 3 aromatic rings. The number of fused-ring (bicyclic) bond motifs is 1. The molecule has 2 aromatic carbocycles. The van der Waals surface area contributed by atoms with Crippen molar-refractivity contribution in [3.05, 3.63) is 89.1 Å². The third-order valence-electron chi connectivity index (χ3n) is 4.46. The monoisotopic (exact) mass is 329 g/mol. The van der Waals surface area contributed by atoms with Crippen molar-refractivity contribution in [1.82, 2.24) is 4.98 Å². The van der Waals surface area contributed by atoms with E-state index in [-0.39, 0.29) is 12.1 Å². The van der Waals surface area contributed by atoms with Crippen molar-refractivity contribution in [3.63, 3.8) is 0 Å². The summed E-state index contributed by atoms with van der Waals surface area (Å²) in [5.41, 5.74) is 4.92. The number of anilines is 2. The molecular weight excluding hydrogens is 310 g/mol. The number of amides is 1. The molecule has 4 nitrogen and oxygen atoms in total. The van der Waals surface area contributed by atoms with Crippen molar-refractivity contribution in [3.8, 4) is 0 Å². The van der Waals surface area contributed by atoms with Crippen LogP contribution >= 0.6 is 0 Å². The Morgan fingerprint density at radius 2 is 1.64 bits per heavy atom. The van der Waals surface area contributed by atoms with Crippen LogP contribution < -0.4 is 10.2 Å². The first-order valence-corrected chi connectivity index (χ1v) is 8.32. The number of carbonyl (C=O) groups excluding carboxylic acids is 1. The third kappa shape index (κ3) is 2.76. The van der Waals surface area contributed by atoms with Gasteiger partial charge < -0.3 is 5.32 Å². The molecule has 0 fully saturated rings. The zero-order valence-electron chi connectivity index (χ0n) is 14.2. The number of aryl methyl sites for hydroxylation is 2. The molecule has 0 saturated carbocycles. The Kier molecular flexibility index (Phi) is 3.73. The van der Waals surface area contributed by atoms with E-state index in [9.17, 15) is 4.79 Å². The van der Waals surface area contributed by atoms with Gasteiger partial charge in [0.25, 0.3) is 5.91 Å². The van der Waals surface area contributed by atoms with Crippen molar-refractivity contribution in [2.24, 2.45) is 0 Å². The highest BCUT2D eigenvalue weighted by atomic mass is 16.2. The molecular formula is C21H19N3O. The summed E-state index contributed by atoms with van der Waals surface area (Å²) in [5.74, 6) is 0.618. The van der Waals surface area contributed by atoms with Crippen molar-refractivity contribution < 1.29 is 4.79 Å². The van der Waals surface area contributed by atoms with Crippen LogP contribution in [0.3, 0.4) is 0 Å². The molecule has 1 atom stereocenters. The minimum absolute atomic E-state index is 0.0310. The summed E-state index contributed by atoms with van der Waals surface area (Å²) >= 11 is 0. The lowest BCUT2D eigenvalue weighted by atomic mass is 10.1. The van der Waals surface area contributed by atoms with Gasteiger partial charge in [-0.1, -0.05) is 42.0 Å². The van der Waals surface area contributed by atoms with Gasteiger partial charge in [0.15, 0.2) is 0 Å². The highest BCUT2D eigenvalue weighted by Gasteiger charge is 2.38. The third-order valence-corrected chi connectivity index (χ3v) is 4.46. The lowest BCUT2D eigenvalue weighted by Crippen LogP contribution is -2.32. The highest BCUT2D eigenvalue weighted by Crippen LogP contribution is 2.37. The SMILES string of the molecule is Cc1ccc(N[C@H]2c3ccccc3C(=O)N2c2ccc(C)cn2)cc1. The highest BCUT2D eigenvalue weighted by molar-refractivity contribution is 6.11. The van der Waals surface area contributed by atoms with Crippen LogP contribution in [0.2, 0.25) is 0 Å².